The Bertz CT molecular complexity index is 995. The van der Waals surface area contributed by atoms with E-state index >= 15 is 4.39 Å². The van der Waals surface area contributed by atoms with Crippen LogP contribution < -0.4 is 11.1 Å². The monoisotopic (exact) mass is 486 g/mol. The zero-order valence-corrected chi connectivity index (χ0v) is 19.8. The molecule has 168 valence electrons. The Balaban J connectivity index is 2.38. The Morgan fingerprint density at radius 2 is 1.90 bits per heavy atom. The summed E-state index contributed by atoms with van der Waals surface area (Å²) >= 11 is 19.1. The lowest BCUT2D eigenvalue weighted by atomic mass is 9.62. The molecular formula is C23H26Cl3FN2O2. The Labute approximate surface area is 196 Å². The van der Waals surface area contributed by atoms with Gasteiger partial charge in [-0.15, -0.1) is 0 Å². The fraction of sp³-hybridized carbons (Fsp3) is 0.435. The van der Waals surface area contributed by atoms with Crippen LogP contribution in [0.25, 0.3) is 0 Å². The first kappa shape index (κ1) is 24.3. The molecular weight excluding hydrogens is 462 g/mol. The van der Waals surface area contributed by atoms with Gasteiger partial charge in [-0.2, -0.15) is 0 Å². The van der Waals surface area contributed by atoms with Crippen LogP contribution in [0.2, 0.25) is 15.1 Å². The van der Waals surface area contributed by atoms with E-state index in [9.17, 15) is 9.90 Å². The van der Waals surface area contributed by atoms with Gasteiger partial charge in [-0.3, -0.25) is 4.79 Å². The van der Waals surface area contributed by atoms with Crippen molar-refractivity contribution in [2.24, 2.45) is 11.1 Å². The minimum absolute atomic E-state index is 0.0186. The highest BCUT2D eigenvalue weighted by Crippen LogP contribution is 2.53. The van der Waals surface area contributed by atoms with E-state index in [4.69, 9.17) is 40.5 Å². The van der Waals surface area contributed by atoms with E-state index in [1.54, 1.807) is 18.2 Å². The van der Waals surface area contributed by atoms with E-state index < -0.39 is 35.2 Å². The third kappa shape index (κ3) is 4.44. The molecule has 0 aromatic heterocycles. The summed E-state index contributed by atoms with van der Waals surface area (Å²) in [6, 6.07) is 7.84. The summed E-state index contributed by atoms with van der Waals surface area (Å²) in [5, 5.41) is 14.2. The van der Waals surface area contributed by atoms with E-state index in [1.807, 2.05) is 20.8 Å². The van der Waals surface area contributed by atoms with Gasteiger partial charge in [0.2, 0.25) is 0 Å². The van der Waals surface area contributed by atoms with Crippen molar-refractivity contribution in [3.05, 3.63) is 68.4 Å². The number of nitrogens with two attached hydrogens (primary N) is 1. The van der Waals surface area contributed by atoms with Gasteiger partial charge in [0.15, 0.2) is 0 Å². The maximum atomic E-state index is 15.3. The molecule has 2 aromatic carbocycles. The first-order chi connectivity index (χ1) is 14.4. The minimum atomic E-state index is -1.13. The number of halogens is 4. The van der Waals surface area contributed by atoms with E-state index in [-0.39, 0.29) is 22.5 Å². The molecule has 1 saturated heterocycles. The molecule has 1 heterocycles. The number of benzene rings is 2. The molecule has 3 rings (SSSR count). The molecule has 4 N–H and O–H groups in total. The van der Waals surface area contributed by atoms with Gasteiger partial charge in [-0.25, -0.2) is 4.39 Å². The lowest BCUT2D eigenvalue weighted by Crippen LogP contribution is -2.50. The molecule has 0 saturated carbocycles. The molecule has 1 fully saturated rings. The zero-order chi connectivity index (χ0) is 23.1. The SMILES string of the molecule is CC(C)(C)C[C@@H]1N[C@@H](C(=O)O)[C@H](c2cccc(Cl)c2Cl)[C@@]1(CN)c1cc(Cl)ccc1F. The predicted molar refractivity (Wildman–Crippen MR) is 124 cm³/mol. The molecule has 1 aliphatic rings. The lowest BCUT2D eigenvalue weighted by Gasteiger charge is -2.42. The second-order valence-corrected chi connectivity index (χ2v) is 10.5. The molecule has 0 spiro atoms. The first-order valence-electron chi connectivity index (χ1n) is 10.0. The fourth-order valence-electron chi connectivity index (χ4n) is 4.85. The summed E-state index contributed by atoms with van der Waals surface area (Å²) < 4.78 is 15.3. The number of aliphatic carboxylic acids is 1. The fourth-order valence-corrected chi connectivity index (χ4v) is 5.45. The third-order valence-electron chi connectivity index (χ3n) is 6.06. The second-order valence-electron chi connectivity index (χ2n) is 9.29. The molecule has 1 aliphatic heterocycles. The highest BCUT2D eigenvalue weighted by atomic mass is 35.5. The van der Waals surface area contributed by atoms with Crippen molar-refractivity contribution >= 4 is 40.8 Å². The Morgan fingerprint density at radius 3 is 2.48 bits per heavy atom. The molecule has 0 radical (unpaired) electrons. The third-order valence-corrected chi connectivity index (χ3v) is 7.13. The van der Waals surface area contributed by atoms with Gasteiger partial charge in [0.25, 0.3) is 0 Å². The predicted octanol–water partition coefficient (Wildman–Crippen LogP) is 5.63. The second kappa shape index (κ2) is 8.87. The number of nitrogens with one attached hydrogen (secondary N) is 1. The van der Waals surface area contributed by atoms with Crippen molar-refractivity contribution in [2.45, 2.75) is 50.6 Å². The minimum Gasteiger partial charge on any atom is -0.480 e. The van der Waals surface area contributed by atoms with E-state index in [0.29, 0.717) is 22.0 Å². The highest BCUT2D eigenvalue weighted by molar-refractivity contribution is 6.42. The average molecular weight is 488 g/mol. The Morgan fingerprint density at radius 1 is 1.23 bits per heavy atom. The van der Waals surface area contributed by atoms with Crippen LogP contribution in [0.5, 0.6) is 0 Å². The number of carboxylic acids is 1. The Hall–Kier alpha value is -1.37. The molecule has 31 heavy (non-hydrogen) atoms. The van der Waals surface area contributed by atoms with Crippen LogP contribution in [-0.4, -0.2) is 29.7 Å². The topological polar surface area (TPSA) is 75.3 Å². The standard InChI is InChI=1S/C23H26Cl3FN2O2/c1-22(2,3)10-17-23(11-28,14-9-12(24)7-8-16(14)27)18(20(29-17)21(30)31)13-5-4-6-15(25)19(13)26/h4-9,17-18,20,29H,10-11,28H2,1-3H3,(H,30,31)/t17-,18-,20+,23-/m0/s1. The van der Waals surface area contributed by atoms with Crippen molar-refractivity contribution in [2.75, 3.05) is 6.54 Å². The first-order valence-corrected chi connectivity index (χ1v) is 11.1. The molecule has 0 unspecified atom stereocenters. The van der Waals surface area contributed by atoms with Crippen LogP contribution in [0.4, 0.5) is 4.39 Å². The summed E-state index contributed by atoms with van der Waals surface area (Å²) in [6.07, 6.45) is 0.550. The molecule has 4 atom stereocenters. The number of rotatable bonds is 5. The van der Waals surface area contributed by atoms with Crippen molar-refractivity contribution in [1.29, 1.82) is 0 Å². The average Bonchev–Trinajstić information content (AvgIpc) is 2.99. The maximum absolute atomic E-state index is 15.3. The number of hydrogen-bond acceptors (Lipinski definition) is 3. The molecule has 0 aliphatic carbocycles. The maximum Gasteiger partial charge on any atom is 0.321 e. The summed E-state index contributed by atoms with van der Waals surface area (Å²) in [7, 11) is 0. The summed E-state index contributed by atoms with van der Waals surface area (Å²) in [5.74, 6) is -2.34. The van der Waals surface area contributed by atoms with Gasteiger partial charge in [0, 0.05) is 28.9 Å². The van der Waals surface area contributed by atoms with Crippen LogP contribution in [0.15, 0.2) is 36.4 Å². The normalized spacial score (nSPS) is 26.3. The number of hydrogen-bond donors (Lipinski definition) is 3. The largest absolute Gasteiger partial charge is 0.480 e. The van der Waals surface area contributed by atoms with Gasteiger partial charge >= 0.3 is 5.97 Å². The molecule has 4 nitrogen and oxygen atoms in total. The number of carbonyl (C=O) groups is 1. The molecule has 0 bridgehead atoms. The van der Waals surface area contributed by atoms with Crippen LogP contribution >= 0.6 is 34.8 Å². The van der Waals surface area contributed by atoms with E-state index in [1.165, 1.54) is 18.2 Å². The van der Waals surface area contributed by atoms with Gasteiger partial charge in [-0.1, -0.05) is 67.7 Å². The van der Waals surface area contributed by atoms with E-state index in [0.717, 1.165) is 0 Å². The quantitative estimate of drug-likeness (QED) is 0.511. The van der Waals surface area contributed by atoms with Gasteiger partial charge in [0.1, 0.15) is 11.9 Å². The molecule has 8 heteroatoms. The smallest absolute Gasteiger partial charge is 0.321 e. The summed E-state index contributed by atoms with van der Waals surface area (Å²) in [6.45, 7) is 6.11. The van der Waals surface area contributed by atoms with Crippen molar-refractivity contribution in [1.82, 2.24) is 5.32 Å². The van der Waals surface area contributed by atoms with Crippen molar-refractivity contribution < 1.29 is 14.3 Å². The van der Waals surface area contributed by atoms with Crippen molar-refractivity contribution in [3.63, 3.8) is 0 Å². The molecule has 2 aromatic rings. The highest BCUT2D eigenvalue weighted by Gasteiger charge is 2.59. The van der Waals surface area contributed by atoms with Crippen molar-refractivity contribution in [3.8, 4) is 0 Å². The van der Waals surface area contributed by atoms with Crippen LogP contribution in [-0.2, 0) is 10.2 Å². The van der Waals surface area contributed by atoms with Gasteiger partial charge in [-0.05, 0) is 47.2 Å². The zero-order valence-electron chi connectivity index (χ0n) is 17.6. The lowest BCUT2D eigenvalue weighted by molar-refractivity contribution is -0.139. The van der Waals surface area contributed by atoms with Crippen LogP contribution in [0.3, 0.4) is 0 Å². The van der Waals surface area contributed by atoms with Gasteiger partial charge < -0.3 is 16.2 Å². The number of carboxylic acid groups (broad SMARTS) is 1. The summed E-state index contributed by atoms with van der Waals surface area (Å²) in [5.41, 5.74) is 5.85. The molecule has 0 amide bonds. The van der Waals surface area contributed by atoms with Gasteiger partial charge in [0.05, 0.1) is 10.0 Å². The Kier molecular flexibility index (Phi) is 6.95. The van der Waals surface area contributed by atoms with Crippen LogP contribution in [0, 0.1) is 11.2 Å². The van der Waals surface area contributed by atoms with Crippen LogP contribution in [0.1, 0.15) is 44.2 Å². The van der Waals surface area contributed by atoms with E-state index in [2.05, 4.69) is 5.32 Å². The summed E-state index contributed by atoms with van der Waals surface area (Å²) in [4.78, 5) is 12.4.